The van der Waals surface area contributed by atoms with Gasteiger partial charge in [-0.1, -0.05) is 19.1 Å². The zero-order chi connectivity index (χ0) is 14.4. The van der Waals surface area contributed by atoms with Gasteiger partial charge in [0, 0.05) is 30.9 Å². The summed E-state index contributed by atoms with van der Waals surface area (Å²) in [6, 6.07) is 8.12. The number of rotatable bonds is 7. The lowest BCUT2D eigenvalue weighted by Crippen LogP contribution is -2.13. The number of ether oxygens (including phenoxy) is 1. The second-order valence-electron chi connectivity index (χ2n) is 4.81. The first-order valence-electron chi connectivity index (χ1n) is 7.21. The van der Waals surface area contributed by atoms with Gasteiger partial charge in [-0.05, 0) is 32.0 Å². The molecule has 2 rings (SSSR count). The van der Waals surface area contributed by atoms with Gasteiger partial charge in [0.1, 0.15) is 5.75 Å². The summed E-state index contributed by atoms with van der Waals surface area (Å²) in [7, 11) is 1.96. The second-order valence-corrected chi connectivity index (χ2v) is 4.81. The molecule has 1 N–H and O–H groups in total. The molecule has 20 heavy (non-hydrogen) atoms. The minimum atomic E-state index is 0.677. The second kappa shape index (κ2) is 7.10. The fraction of sp³-hybridized carbons (Fsp3) is 0.438. The zero-order valence-corrected chi connectivity index (χ0v) is 12.5. The molecule has 108 valence electrons. The summed E-state index contributed by atoms with van der Waals surface area (Å²) in [4.78, 5) is 0. The van der Waals surface area contributed by atoms with Gasteiger partial charge >= 0.3 is 0 Å². The molecule has 0 unspecified atom stereocenters. The number of aromatic nitrogens is 2. The van der Waals surface area contributed by atoms with Gasteiger partial charge in [-0.15, -0.1) is 0 Å². The quantitative estimate of drug-likeness (QED) is 0.788. The van der Waals surface area contributed by atoms with E-state index < -0.39 is 0 Å². The van der Waals surface area contributed by atoms with E-state index in [1.165, 1.54) is 5.56 Å². The van der Waals surface area contributed by atoms with Crippen LogP contribution in [0.3, 0.4) is 0 Å². The SMILES string of the molecule is CCCNCc1cn(C)nc1-c1cccc(OCC)c1. The van der Waals surface area contributed by atoms with Crippen LogP contribution in [0.2, 0.25) is 0 Å². The van der Waals surface area contributed by atoms with Crippen molar-refractivity contribution in [3.8, 4) is 17.0 Å². The van der Waals surface area contributed by atoms with E-state index in [2.05, 4.69) is 35.7 Å². The van der Waals surface area contributed by atoms with Crippen molar-refractivity contribution >= 4 is 0 Å². The van der Waals surface area contributed by atoms with Crippen LogP contribution in [0.15, 0.2) is 30.5 Å². The molecule has 0 radical (unpaired) electrons. The van der Waals surface area contributed by atoms with Crippen molar-refractivity contribution in [1.29, 1.82) is 0 Å². The van der Waals surface area contributed by atoms with E-state index in [1.807, 2.05) is 30.8 Å². The Morgan fingerprint density at radius 1 is 1.30 bits per heavy atom. The van der Waals surface area contributed by atoms with Gasteiger partial charge in [0.25, 0.3) is 0 Å². The molecule has 1 aromatic heterocycles. The lowest BCUT2D eigenvalue weighted by Gasteiger charge is -2.07. The molecule has 0 saturated carbocycles. The van der Waals surface area contributed by atoms with Gasteiger partial charge in [0.15, 0.2) is 0 Å². The first-order chi connectivity index (χ1) is 9.74. The van der Waals surface area contributed by atoms with Crippen molar-refractivity contribution in [3.63, 3.8) is 0 Å². The molecule has 0 aliphatic heterocycles. The molecule has 0 spiro atoms. The Balaban J connectivity index is 2.24. The molecule has 1 aromatic carbocycles. The van der Waals surface area contributed by atoms with Crippen LogP contribution in [0.25, 0.3) is 11.3 Å². The van der Waals surface area contributed by atoms with Crippen molar-refractivity contribution in [2.75, 3.05) is 13.2 Å². The topological polar surface area (TPSA) is 39.1 Å². The molecular formula is C16H23N3O. The van der Waals surface area contributed by atoms with Crippen molar-refractivity contribution in [2.24, 2.45) is 7.05 Å². The third-order valence-electron chi connectivity index (χ3n) is 3.07. The van der Waals surface area contributed by atoms with Gasteiger partial charge in [0.05, 0.1) is 12.3 Å². The highest BCUT2D eigenvalue weighted by molar-refractivity contribution is 5.64. The standard InChI is InChI=1S/C16H23N3O/c1-4-9-17-11-14-12-19(3)18-16(14)13-7-6-8-15(10-13)20-5-2/h6-8,10,12,17H,4-5,9,11H2,1-3H3. The van der Waals surface area contributed by atoms with Crippen LogP contribution < -0.4 is 10.1 Å². The molecule has 4 nitrogen and oxygen atoms in total. The van der Waals surface area contributed by atoms with Gasteiger partial charge < -0.3 is 10.1 Å². The van der Waals surface area contributed by atoms with Gasteiger partial charge in [0.2, 0.25) is 0 Å². The Bertz CT molecular complexity index is 548. The van der Waals surface area contributed by atoms with E-state index in [4.69, 9.17) is 4.74 Å². The van der Waals surface area contributed by atoms with E-state index in [-0.39, 0.29) is 0 Å². The maximum atomic E-state index is 5.56. The minimum absolute atomic E-state index is 0.677. The summed E-state index contributed by atoms with van der Waals surface area (Å²) < 4.78 is 7.43. The summed E-state index contributed by atoms with van der Waals surface area (Å²) in [5, 5.41) is 8.01. The molecule has 0 fully saturated rings. The van der Waals surface area contributed by atoms with E-state index >= 15 is 0 Å². The van der Waals surface area contributed by atoms with Crippen molar-refractivity contribution in [3.05, 3.63) is 36.0 Å². The number of aryl methyl sites for hydroxylation is 1. The summed E-state index contributed by atoms with van der Waals surface area (Å²) in [5.74, 6) is 0.892. The first kappa shape index (κ1) is 14.6. The van der Waals surface area contributed by atoms with Gasteiger partial charge in [-0.2, -0.15) is 5.10 Å². The predicted octanol–water partition coefficient (Wildman–Crippen LogP) is 2.99. The Morgan fingerprint density at radius 2 is 2.15 bits per heavy atom. The Hall–Kier alpha value is -1.81. The Labute approximate surface area is 120 Å². The van der Waals surface area contributed by atoms with E-state index in [0.29, 0.717) is 6.61 Å². The van der Waals surface area contributed by atoms with Crippen LogP contribution in [-0.4, -0.2) is 22.9 Å². The predicted molar refractivity (Wildman–Crippen MR) is 81.8 cm³/mol. The molecule has 0 saturated heterocycles. The molecule has 0 bridgehead atoms. The maximum Gasteiger partial charge on any atom is 0.119 e. The summed E-state index contributed by atoms with van der Waals surface area (Å²) in [6.07, 6.45) is 3.21. The lowest BCUT2D eigenvalue weighted by molar-refractivity contribution is 0.340. The fourth-order valence-electron chi connectivity index (χ4n) is 2.21. The highest BCUT2D eigenvalue weighted by atomic mass is 16.5. The van der Waals surface area contributed by atoms with Gasteiger partial charge in [-0.25, -0.2) is 0 Å². The molecule has 2 aromatic rings. The normalized spacial score (nSPS) is 10.8. The highest BCUT2D eigenvalue weighted by Crippen LogP contribution is 2.25. The minimum Gasteiger partial charge on any atom is -0.494 e. The zero-order valence-electron chi connectivity index (χ0n) is 12.5. The van der Waals surface area contributed by atoms with E-state index in [9.17, 15) is 0 Å². The molecular weight excluding hydrogens is 250 g/mol. The van der Waals surface area contributed by atoms with Crippen molar-refractivity contribution in [1.82, 2.24) is 15.1 Å². The number of benzene rings is 1. The summed E-state index contributed by atoms with van der Waals surface area (Å²) >= 11 is 0. The van der Waals surface area contributed by atoms with Crippen LogP contribution in [0.4, 0.5) is 0 Å². The fourth-order valence-corrected chi connectivity index (χ4v) is 2.21. The maximum absolute atomic E-state index is 5.56. The summed E-state index contributed by atoms with van der Waals surface area (Å²) in [5.41, 5.74) is 3.34. The average Bonchev–Trinajstić information content (AvgIpc) is 2.81. The number of hydrogen-bond acceptors (Lipinski definition) is 3. The van der Waals surface area contributed by atoms with E-state index in [0.717, 1.165) is 36.5 Å². The highest BCUT2D eigenvalue weighted by Gasteiger charge is 2.10. The molecule has 0 aliphatic rings. The molecule has 0 atom stereocenters. The van der Waals surface area contributed by atoms with Crippen molar-refractivity contribution in [2.45, 2.75) is 26.8 Å². The molecule has 0 aliphatic carbocycles. The van der Waals surface area contributed by atoms with Gasteiger partial charge in [-0.3, -0.25) is 4.68 Å². The summed E-state index contributed by atoms with van der Waals surface area (Å²) in [6.45, 7) is 6.70. The van der Waals surface area contributed by atoms with Crippen LogP contribution >= 0.6 is 0 Å². The molecule has 4 heteroatoms. The van der Waals surface area contributed by atoms with Crippen LogP contribution in [0.1, 0.15) is 25.8 Å². The Morgan fingerprint density at radius 3 is 2.90 bits per heavy atom. The third kappa shape index (κ3) is 3.61. The van der Waals surface area contributed by atoms with E-state index in [1.54, 1.807) is 0 Å². The van der Waals surface area contributed by atoms with Crippen LogP contribution in [0, 0.1) is 0 Å². The van der Waals surface area contributed by atoms with Crippen LogP contribution in [-0.2, 0) is 13.6 Å². The number of nitrogens with one attached hydrogen (secondary N) is 1. The lowest BCUT2D eigenvalue weighted by atomic mass is 10.1. The monoisotopic (exact) mass is 273 g/mol. The number of hydrogen-bond donors (Lipinski definition) is 1. The third-order valence-corrected chi connectivity index (χ3v) is 3.07. The average molecular weight is 273 g/mol. The Kier molecular flexibility index (Phi) is 5.18. The molecule has 1 heterocycles. The van der Waals surface area contributed by atoms with Crippen molar-refractivity contribution < 1.29 is 4.74 Å². The first-order valence-corrected chi connectivity index (χ1v) is 7.21. The largest absolute Gasteiger partial charge is 0.494 e. The molecule has 0 amide bonds. The smallest absolute Gasteiger partial charge is 0.119 e. The van der Waals surface area contributed by atoms with Crippen LogP contribution in [0.5, 0.6) is 5.75 Å². The number of nitrogens with zero attached hydrogens (tertiary/aromatic N) is 2.